The fourth-order valence-electron chi connectivity index (χ4n) is 1.30. The van der Waals surface area contributed by atoms with Crippen molar-refractivity contribution in [1.29, 1.82) is 5.26 Å². The van der Waals surface area contributed by atoms with Crippen molar-refractivity contribution in [3.8, 4) is 6.07 Å². The molecule has 1 amide bonds. The van der Waals surface area contributed by atoms with E-state index < -0.39 is 0 Å². The number of rotatable bonds is 4. The van der Waals surface area contributed by atoms with Crippen LogP contribution >= 0.6 is 0 Å². The van der Waals surface area contributed by atoms with Gasteiger partial charge in [-0.3, -0.25) is 4.79 Å². The van der Waals surface area contributed by atoms with E-state index in [0.717, 1.165) is 5.56 Å². The van der Waals surface area contributed by atoms with Gasteiger partial charge in [-0.15, -0.1) is 0 Å². The number of benzene rings is 1. The molecule has 0 spiro atoms. The smallest absolute Gasteiger partial charge is 0.224 e. The van der Waals surface area contributed by atoms with E-state index in [2.05, 4.69) is 5.32 Å². The molecule has 1 aromatic rings. The monoisotopic (exact) mass is 202 g/mol. The van der Waals surface area contributed by atoms with Crippen molar-refractivity contribution in [2.45, 2.75) is 25.8 Å². The third-order valence-electron chi connectivity index (χ3n) is 2.01. The van der Waals surface area contributed by atoms with Gasteiger partial charge >= 0.3 is 0 Å². The Morgan fingerprint density at radius 1 is 1.47 bits per heavy atom. The van der Waals surface area contributed by atoms with Crippen LogP contribution in [0.4, 0.5) is 0 Å². The number of carbonyl (C=O) groups is 1. The van der Waals surface area contributed by atoms with Crippen LogP contribution < -0.4 is 5.32 Å². The largest absolute Gasteiger partial charge is 0.352 e. The second-order valence-corrected chi connectivity index (χ2v) is 3.49. The molecule has 0 saturated carbocycles. The summed E-state index contributed by atoms with van der Waals surface area (Å²) < 4.78 is 0. The van der Waals surface area contributed by atoms with Crippen LogP contribution in [0.2, 0.25) is 0 Å². The molecule has 0 aliphatic rings. The number of amides is 1. The Bertz CT molecular complexity index is 354. The highest BCUT2D eigenvalue weighted by molar-refractivity contribution is 5.78. The average Bonchev–Trinajstić information content (AvgIpc) is 2.19. The lowest BCUT2D eigenvalue weighted by Gasteiger charge is -2.09. The van der Waals surface area contributed by atoms with Gasteiger partial charge in [-0.1, -0.05) is 30.3 Å². The minimum atomic E-state index is -0.0776. The number of carbonyl (C=O) groups excluding carboxylic acids is 1. The Morgan fingerprint density at radius 3 is 2.73 bits per heavy atom. The maximum Gasteiger partial charge on any atom is 0.224 e. The Hall–Kier alpha value is -1.82. The van der Waals surface area contributed by atoms with Crippen LogP contribution in [0.5, 0.6) is 0 Å². The predicted molar refractivity (Wildman–Crippen MR) is 58.0 cm³/mol. The highest BCUT2D eigenvalue weighted by Crippen LogP contribution is 1.99. The maximum atomic E-state index is 11.5. The predicted octanol–water partition coefficient (Wildman–Crippen LogP) is 1.65. The number of nitriles is 1. The second kappa shape index (κ2) is 5.82. The van der Waals surface area contributed by atoms with Gasteiger partial charge in [0.25, 0.3) is 0 Å². The van der Waals surface area contributed by atoms with E-state index in [1.54, 1.807) is 0 Å². The van der Waals surface area contributed by atoms with Crippen molar-refractivity contribution in [3.05, 3.63) is 35.9 Å². The van der Waals surface area contributed by atoms with Crippen molar-refractivity contribution in [2.24, 2.45) is 0 Å². The van der Waals surface area contributed by atoms with Gasteiger partial charge in [-0.05, 0) is 12.5 Å². The average molecular weight is 202 g/mol. The van der Waals surface area contributed by atoms with E-state index in [9.17, 15) is 4.79 Å². The van der Waals surface area contributed by atoms with Gasteiger partial charge < -0.3 is 5.32 Å². The molecule has 0 fully saturated rings. The van der Waals surface area contributed by atoms with Crippen LogP contribution in [-0.4, -0.2) is 11.9 Å². The quantitative estimate of drug-likeness (QED) is 0.807. The van der Waals surface area contributed by atoms with Gasteiger partial charge in [-0.25, -0.2) is 0 Å². The lowest BCUT2D eigenvalue weighted by Crippen LogP contribution is -2.33. The molecule has 0 radical (unpaired) electrons. The van der Waals surface area contributed by atoms with Crippen molar-refractivity contribution in [3.63, 3.8) is 0 Å². The summed E-state index contributed by atoms with van der Waals surface area (Å²) in [7, 11) is 0. The molecule has 1 unspecified atom stereocenters. The Labute approximate surface area is 89.7 Å². The minimum Gasteiger partial charge on any atom is -0.352 e. The topological polar surface area (TPSA) is 52.9 Å². The first-order valence-corrected chi connectivity index (χ1v) is 4.92. The summed E-state index contributed by atoms with van der Waals surface area (Å²) in [4.78, 5) is 11.5. The molecule has 0 aliphatic carbocycles. The normalized spacial score (nSPS) is 11.5. The summed E-state index contributed by atoms with van der Waals surface area (Å²) in [6.07, 6.45) is 0.719. The third-order valence-corrected chi connectivity index (χ3v) is 2.01. The highest BCUT2D eigenvalue weighted by Gasteiger charge is 2.06. The molecule has 3 nitrogen and oxygen atoms in total. The summed E-state index contributed by atoms with van der Waals surface area (Å²) in [5, 5.41) is 11.2. The molecular formula is C12H14N2O. The lowest BCUT2D eigenvalue weighted by atomic mass is 10.1. The van der Waals surface area contributed by atoms with Crippen LogP contribution in [0.3, 0.4) is 0 Å². The molecule has 0 aliphatic heterocycles. The van der Waals surface area contributed by atoms with Gasteiger partial charge in [0.05, 0.1) is 18.9 Å². The first kappa shape index (κ1) is 11.3. The molecule has 0 aromatic heterocycles. The van der Waals surface area contributed by atoms with E-state index >= 15 is 0 Å². The minimum absolute atomic E-state index is 0.0380. The Kier molecular flexibility index (Phi) is 4.36. The van der Waals surface area contributed by atoms with Gasteiger partial charge in [0, 0.05) is 6.04 Å². The van der Waals surface area contributed by atoms with E-state index in [1.165, 1.54) is 0 Å². The molecule has 3 heteroatoms. The zero-order chi connectivity index (χ0) is 11.1. The molecule has 1 rings (SSSR count). The summed E-state index contributed by atoms with van der Waals surface area (Å²) in [5.41, 5.74) is 0.985. The highest BCUT2D eigenvalue weighted by atomic mass is 16.1. The number of hydrogen-bond donors (Lipinski definition) is 1. The van der Waals surface area contributed by atoms with Crippen molar-refractivity contribution in [2.75, 3.05) is 0 Å². The molecule has 0 heterocycles. The van der Waals surface area contributed by atoms with E-state index in [4.69, 9.17) is 5.26 Å². The van der Waals surface area contributed by atoms with E-state index in [-0.39, 0.29) is 11.9 Å². The van der Waals surface area contributed by atoms with Crippen LogP contribution in [0.15, 0.2) is 30.3 Å². The molecule has 1 aromatic carbocycles. The number of nitrogens with zero attached hydrogens (tertiary/aromatic N) is 1. The van der Waals surface area contributed by atoms with Gasteiger partial charge in [0.15, 0.2) is 0 Å². The molecule has 0 bridgehead atoms. The van der Waals surface area contributed by atoms with Crippen molar-refractivity contribution < 1.29 is 4.79 Å². The van der Waals surface area contributed by atoms with Crippen LogP contribution in [-0.2, 0) is 11.2 Å². The van der Waals surface area contributed by atoms with E-state index in [1.807, 2.05) is 43.3 Å². The molecule has 15 heavy (non-hydrogen) atoms. The van der Waals surface area contributed by atoms with Crippen LogP contribution in [0.1, 0.15) is 18.9 Å². The second-order valence-electron chi connectivity index (χ2n) is 3.49. The standard InChI is InChI=1S/C12H14N2O/c1-10(7-8-13)14-12(15)9-11-5-3-2-4-6-11/h2-6,10H,7,9H2,1H3,(H,14,15). The maximum absolute atomic E-state index is 11.5. The zero-order valence-corrected chi connectivity index (χ0v) is 8.73. The molecule has 1 N–H and O–H groups in total. The van der Waals surface area contributed by atoms with Gasteiger partial charge in [0.2, 0.25) is 5.91 Å². The fraction of sp³-hybridized carbons (Fsp3) is 0.333. The first-order valence-electron chi connectivity index (χ1n) is 4.92. The lowest BCUT2D eigenvalue weighted by molar-refractivity contribution is -0.121. The van der Waals surface area contributed by atoms with Crippen molar-refractivity contribution >= 4 is 5.91 Å². The third kappa shape index (κ3) is 4.28. The van der Waals surface area contributed by atoms with E-state index in [0.29, 0.717) is 12.8 Å². The summed E-state index contributed by atoms with van der Waals surface area (Å²) in [5.74, 6) is -0.0380. The van der Waals surface area contributed by atoms with Crippen LogP contribution in [0, 0.1) is 11.3 Å². The summed E-state index contributed by atoms with van der Waals surface area (Å²) in [6, 6.07) is 11.5. The Balaban J connectivity index is 2.41. The SMILES string of the molecule is CC(CC#N)NC(=O)Cc1ccccc1. The fourth-order valence-corrected chi connectivity index (χ4v) is 1.30. The first-order chi connectivity index (χ1) is 7.22. The molecule has 1 atom stereocenters. The molecular weight excluding hydrogens is 188 g/mol. The molecule has 78 valence electrons. The zero-order valence-electron chi connectivity index (χ0n) is 8.73. The summed E-state index contributed by atoms with van der Waals surface area (Å²) >= 11 is 0. The van der Waals surface area contributed by atoms with Gasteiger partial charge in [-0.2, -0.15) is 5.26 Å². The molecule has 0 saturated heterocycles. The van der Waals surface area contributed by atoms with Crippen molar-refractivity contribution in [1.82, 2.24) is 5.32 Å². The van der Waals surface area contributed by atoms with Crippen LogP contribution in [0.25, 0.3) is 0 Å². The number of nitrogens with one attached hydrogen (secondary N) is 1. The number of hydrogen-bond acceptors (Lipinski definition) is 2. The van der Waals surface area contributed by atoms with Gasteiger partial charge in [0.1, 0.15) is 0 Å². The Morgan fingerprint density at radius 2 is 2.13 bits per heavy atom. The summed E-state index contributed by atoms with van der Waals surface area (Å²) in [6.45, 7) is 1.83.